The second-order valence-corrected chi connectivity index (χ2v) is 6.33. The van der Waals surface area contributed by atoms with Crippen LogP contribution in [0.1, 0.15) is 79.6 Å². The Balaban J connectivity index is 3.79. The zero-order valence-corrected chi connectivity index (χ0v) is 12.2. The van der Waals surface area contributed by atoms with Crippen molar-refractivity contribution in [3.05, 3.63) is 12.7 Å². The van der Waals surface area contributed by atoms with Gasteiger partial charge in [-0.25, -0.2) is 0 Å². The van der Waals surface area contributed by atoms with Crippen molar-refractivity contribution in [2.24, 2.45) is 10.8 Å². The van der Waals surface area contributed by atoms with Crippen LogP contribution in [0.4, 0.5) is 0 Å². The largest absolute Gasteiger partial charge is 0.103 e. The SMILES string of the molecule is C=CC(C)(C)C(C)(C)CCCCCCCC. The molecule has 16 heavy (non-hydrogen) atoms. The first-order chi connectivity index (χ1) is 7.37. The standard InChI is InChI=1S/C16H32/c1-7-9-10-11-12-13-14-16(5,6)15(3,4)8-2/h8H,2,7,9-14H2,1,3-6H3. The van der Waals surface area contributed by atoms with E-state index < -0.39 is 0 Å². The molecule has 0 heteroatoms. The maximum absolute atomic E-state index is 3.97. The molecule has 0 bridgehead atoms. The number of hydrogen-bond acceptors (Lipinski definition) is 0. The van der Waals surface area contributed by atoms with E-state index in [-0.39, 0.29) is 5.41 Å². The highest BCUT2D eigenvalue weighted by molar-refractivity contribution is 4.97. The zero-order valence-electron chi connectivity index (χ0n) is 12.2. The molecule has 0 fully saturated rings. The third-order valence-corrected chi connectivity index (χ3v) is 4.41. The maximum atomic E-state index is 3.97. The minimum Gasteiger partial charge on any atom is -0.103 e. The molecule has 0 radical (unpaired) electrons. The van der Waals surface area contributed by atoms with Crippen molar-refractivity contribution in [2.45, 2.75) is 79.6 Å². The number of rotatable bonds is 9. The summed E-state index contributed by atoms with van der Waals surface area (Å²) in [5.74, 6) is 0. The summed E-state index contributed by atoms with van der Waals surface area (Å²) in [5, 5.41) is 0. The zero-order chi connectivity index (χ0) is 12.7. The van der Waals surface area contributed by atoms with Crippen LogP contribution in [0.15, 0.2) is 12.7 Å². The molecule has 96 valence electrons. The van der Waals surface area contributed by atoms with E-state index in [0.29, 0.717) is 5.41 Å². The van der Waals surface area contributed by atoms with Gasteiger partial charge in [0.15, 0.2) is 0 Å². The molecule has 0 atom stereocenters. The lowest BCUT2D eigenvalue weighted by Crippen LogP contribution is -2.30. The Kier molecular flexibility index (Phi) is 7.03. The Morgan fingerprint density at radius 1 is 0.875 bits per heavy atom. The van der Waals surface area contributed by atoms with Crippen LogP contribution in [0.25, 0.3) is 0 Å². The summed E-state index contributed by atoms with van der Waals surface area (Å²) < 4.78 is 0. The van der Waals surface area contributed by atoms with Gasteiger partial charge in [0.25, 0.3) is 0 Å². The highest BCUT2D eigenvalue weighted by Crippen LogP contribution is 2.43. The molecule has 0 aromatic rings. The summed E-state index contributed by atoms with van der Waals surface area (Å²) in [6.45, 7) is 15.6. The number of allylic oxidation sites excluding steroid dienone is 1. The van der Waals surface area contributed by atoms with Crippen molar-refractivity contribution in [3.63, 3.8) is 0 Å². The van der Waals surface area contributed by atoms with E-state index >= 15 is 0 Å². The quantitative estimate of drug-likeness (QED) is 0.334. The van der Waals surface area contributed by atoms with Crippen LogP contribution in [0.2, 0.25) is 0 Å². The van der Waals surface area contributed by atoms with Crippen LogP contribution in [0, 0.1) is 10.8 Å². The van der Waals surface area contributed by atoms with E-state index in [1.807, 2.05) is 0 Å². The van der Waals surface area contributed by atoms with Crippen molar-refractivity contribution in [2.75, 3.05) is 0 Å². The fourth-order valence-electron chi connectivity index (χ4n) is 1.95. The van der Waals surface area contributed by atoms with Crippen molar-refractivity contribution < 1.29 is 0 Å². The topological polar surface area (TPSA) is 0 Å². The molecule has 0 heterocycles. The number of unbranched alkanes of at least 4 members (excludes halogenated alkanes) is 5. The molecule has 0 aliphatic rings. The van der Waals surface area contributed by atoms with Crippen molar-refractivity contribution in [3.8, 4) is 0 Å². The van der Waals surface area contributed by atoms with Gasteiger partial charge >= 0.3 is 0 Å². The Labute approximate surface area is 104 Å². The molecule has 0 rings (SSSR count). The Morgan fingerprint density at radius 3 is 1.88 bits per heavy atom. The summed E-state index contributed by atoms with van der Waals surface area (Å²) in [7, 11) is 0. The second-order valence-electron chi connectivity index (χ2n) is 6.33. The molecule has 0 saturated heterocycles. The predicted octanol–water partition coefficient (Wildman–Crippen LogP) is 5.98. The minimum absolute atomic E-state index is 0.246. The van der Waals surface area contributed by atoms with Gasteiger partial charge in [-0.15, -0.1) is 6.58 Å². The maximum Gasteiger partial charge on any atom is -0.0126 e. The summed E-state index contributed by atoms with van der Waals surface area (Å²) in [6.07, 6.45) is 11.8. The fraction of sp³-hybridized carbons (Fsp3) is 0.875. The Hall–Kier alpha value is -0.260. The van der Waals surface area contributed by atoms with Gasteiger partial charge < -0.3 is 0 Å². The normalized spacial score (nSPS) is 12.8. The molecule has 0 saturated carbocycles. The lowest BCUT2D eigenvalue weighted by Gasteiger charge is -2.39. The summed E-state index contributed by atoms with van der Waals surface area (Å²) in [6, 6.07) is 0. The van der Waals surface area contributed by atoms with Crippen LogP contribution in [0.3, 0.4) is 0 Å². The van der Waals surface area contributed by atoms with Crippen LogP contribution >= 0.6 is 0 Å². The van der Waals surface area contributed by atoms with Crippen molar-refractivity contribution in [1.29, 1.82) is 0 Å². The van der Waals surface area contributed by atoms with Gasteiger partial charge in [-0.2, -0.15) is 0 Å². The lowest BCUT2D eigenvalue weighted by atomic mass is 9.65. The first-order valence-corrected chi connectivity index (χ1v) is 7.01. The Bertz CT molecular complexity index is 186. The molecule has 0 spiro atoms. The van der Waals surface area contributed by atoms with Crippen LogP contribution in [-0.2, 0) is 0 Å². The molecular formula is C16H32. The Morgan fingerprint density at radius 2 is 1.38 bits per heavy atom. The lowest BCUT2D eigenvalue weighted by molar-refractivity contribution is 0.146. The van der Waals surface area contributed by atoms with Crippen molar-refractivity contribution in [1.82, 2.24) is 0 Å². The smallest absolute Gasteiger partial charge is 0.0126 e. The first-order valence-electron chi connectivity index (χ1n) is 7.01. The van der Waals surface area contributed by atoms with Gasteiger partial charge in [-0.1, -0.05) is 79.2 Å². The van der Waals surface area contributed by atoms with E-state index in [4.69, 9.17) is 0 Å². The monoisotopic (exact) mass is 224 g/mol. The average molecular weight is 224 g/mol. The predicted molar refractivity (Wildman–Crippen MR) is 75.8 cm³/mol. The number of hydrogen-bond donors (Lipinski definition) is 0. The minimum atomic E-state index is 0.246. The molecule has 0 amide bonds. The van der Waals surface area contributed by atoms with Gasteiger partial charge in [-0.3, -0.25) is 0 Å². The van der Waals surface area contributed by atoms with E-state index in [0.717, 1.165) is 0 Å². The molecule has 0 aromatic carbocycles. The molecule has 0 N–H and O–H groups in total. The van der Waals surface area contributed by atoms with E-state index in [9.17, 15) is 0 Å². The van der Waals surface area contributed by atoms with Crippen LogP contribution in [-0.4, -0.2) is 0 Å². The summed E-state index contributed by atoms with van der Waals surface area (Å²) >= 11 is 0. The van der Waals surface area contributed by atoms with Gasteiger partial charge in [0.2, 0.25) is 0 Å². The van der Waals surface area contributed by atoms with Crippen molar-refractivity contribution >= 4 is 0 Å². The van der Waals surface area contributed by atoms with E-state index in [1.165, 1.54) is 44.9 Å². The fourth-order valence-corrected chi connectivity index (χ4v) is 1.95. The third-order valence-electron chi connectivity index (χ3n) is 4.41. The third kappa shape index (κ3) is 5.18. The molecule has 0 aliphatic heterocycles. The summed E-state index contributed by atoms with van der Waals surface area (Å²) in [4.78, 5) is 0. The van der Waals surface area contributed by atoms with Crippen LogP contribution in [0.5, 0.6) is 0 Å². The van der Waals surface area contributed by atoms with E-state index in [1.54, 1.807) is 0 Å². The van der Waals surface area contributed by atoms with Gasteiger partial charge in [0, 0.05) is 0 Å². The average Bonchev–Trinajstić information content (AvgIpc) is 2.23. The van der Waals surface area contributed by atoms with Gasteiger partial charge in [0.05, 0.1) is 0 Å². The highest BCUT2D eigenvalue weighted by atomic mass is 14.4. The van der Waals surface area contributed by atoms with E-state index in [2.05, 4.69) is 47.3 Å². The summed E-state index contributed by atoms with van der Waals surface area (Å²) in [5.41, 5.74) is 0.621. The highest BCUT2D eigenvalue weighted by Gasteiger charge is 2.33. The first kappa shape index (κ1) is 15.7. The molecule has 0 unspecified atom stereocenters. The molecule has 0 aromatic heterocycles. The molecule has 0 nitrogen and oxygen atoms in total. The van der Waals surface area contributed by atoms with Gasteiger partial charge in [-0.05, 0) is 17.3 Å². The molecular weight excluding hydrogens is 192 g/mol. The van der Waals surface area contributed by atoms with Gasteiger partial charge in [0.1, 0.15) is 0 Å². The second kappa shape index (κ2) is 7.14. The molecule has 0 aliphatic carbocycles. The van der Waals surface area contributed by atoms with Crippen LogP contribution < -0.4 is 0 Å².